The molecule has 0 radical (unpaired) electrons. The summed E-state index contributed by atoms with van der Waals surface area (Å²) in [7, 11) is 1.83. The molecule has 1 fully saturated rings. The van der Waals surface area contributed by atoms with Gasteiger partial charge in [-0.3, -0.25) is 9.79 Å². The lowest BCUT2D eigenvalue weighted by Gasteiger charge is -2.39. The molecule has 142 valence electrons. The van der Waals surface area contributed by atoms with E-state index in [9.17, 15) is 4.79 Å². The number of likely N-dealkylation sites (tertiary alicyclic amines) is 1. The van der Waals surface area contributed by atoms with Gasteiger partial charge in [-0.15, -0.1) is 0 Å². The van der Waals surface area contributed by atoms with E-state index < -0.39 is 5.91 Å². The smallest absolute Gasteiger partial charge is 0.248 e. The van der Waals surface area contributed by atoms with Crippen molar-refractivity contribution in [1.29, 1.82) is 0 Å². The number of guanidine groups is 1. The topological polar surface area (TPSA) is 70.7 Å². The molecule has 1 aliphatic heterocycles. The van der Waals surface area contributed by atoms with Crippen molar-refractivity contribution < 1.29 is 4.79 Å². The van der Waals surface area contributed by atoms with E-state index >= 15 is 0 Å². The first-order chi connectivity index (χ1) is 13.1. The molecule has 2 aromatic carbocycles. The molecule has 0 saturated carbocycles. The number of aliphatic imine (C=N–C) groups is 1. The van der Waals surface area contributed by atoms with E-state index in [2.05, 4.69) is 52.5 Å². The van der Waals surface area contributed by atoms with Crippen LogP contribution >= 0.6 is 0 Å². The standard InChI is InChI=1S/C22H28N4O/c1-16-15-26(13-12-20(16)18-6-4-3-5-7-18)22(24-2)25-14-17-8-10-19(11-9-17)21(23)27/h3-11,16,20H,12-15H2,1-2H3,(H2,23,27)(H,24,25). The normalized spacial score (nSPS) is 20.4. The Bertz CT molecular complexity index is 786. The van der Waals surface area contributed by atoms with Crippen LogP contribution in [0.3, 0.4) is 0 Å². The summed E-state index contributed by atoms with van der Waals surface area (Å²) in [6, 6.07) is 18.2. The minimum Gasteiger partial charge on any atom is -0.366 e. The predicted molar refractivity (Wildman–Crippen MR) is 110 cm³/mol. The molecule has 1 saturated heterocycles. The van der Waals surface area contributed by atoms with Crippen molar-refractivity contribution in [1.82, 2.24) is 10.2 Å². The first-order valence-corrected chi connectivity index (χ1v) is 9.47. The molecule has 1 aliphatic rings. The van der Waals surface area contributed by atoms with E-state index in [0.29, 0.717) is 23.9 Å². The number of benzene rings is 2. The quantitative estimate of drug-likeness (QED) is 0.647. The molecule has 3 N–H and O–H groups in total. The Labute approximate surface area is 161 Å². The third-order valence-electron chi connectivity index (χ3n) is 5.33. The van der Waals surface area contributed by atoms with Crippen LogP contribution < -0.4 is 11.1 Å². The molecule has 3 rings (SSSR count). The average Bonchev–Trinajstić information content (AvgIpc) is 2.69. The summed E-state index contributed by atoms with van der Waals surface area (Å²) in [5.74, 6) is 1.68. The highest BCUT2D eigenvalue weighted by Crippen LogP contribution is 2.32. The molecule has 27 heavy (non-hydrogen) atoms. The zero-order chi connectivity index (χ0) is 19.2. The van der Waals surface area contributed by atoms with Gasteiger partial charge in [-0.2, -0.15) is 0 Å². The van der Waals surface area contributed by atoms with Gasteiger partial charge in [0.25, 0.3) is 0 Å². The zero-order valence-electron chi connectivity index (χ0n) is 16.1. The van der Waals surface area contributed by atoms with E-state index in [-0.39, 0.29) is 0 Å². The molecule has 5 heteroatoms. The monoisotopic (exact) mass is 364 g/mol. The number of primary amides is 1. The zero-order valence-corrected chi connectivity index (χ0v) is 16.1. The molecule has 0 aliphatic carbocycles. The first-order valence-electron chi connectivity index (χ1n) is 9.47. The van der Waals surface area contributed by atoms with Crippen LogP contribution in [0, 0.1) is 5.92 Å². The lowest BCUT2D eigenvalue weighted by molar-refractivity contribution is 0.100. The molecule has 1 heterocycles. The van der Waals surface area contributed by atoms with Gasteiger partial charge in [-0.25, -0.2) is 0 Å². The summed E-state index contributed by atoms with van der Waals surface area (Å²) in [6.45, 7) is 4.96. The number of hydrogen-bond acceptors (Lipinski definition) is 2. The summed E-state index contributed by atoms with van der Waals surface area (Å²) < 4.78 is 0. The van der Waals surface area contributed by atoms with Gasteiger partial charge < -0.3 is 16.0 Å². The van der Waals surface area contributed by atoms with Crippen LogP contribution in [0.5, 0.6) is 0 Å². The molecule has 1 amide bonds. The van der Waals surface area contributed by atoms with E-state index in [1.54, 1.807) is 12.1 Å². The van der Waals surface area contributed by atoms with Crippen molar-refractivity contribution >= 4 is 11.9 Å². The minimum atomic E-state index is -0.402. The van der Waals surface area contributed by atoms with Crippen molar-refractivity contribution in [2.45, 2.75) is 25.8 Å². The molecule has 0 spiro atoms. The van der Waals surface area contributed by atoms with Crippen LogP contribution in [0.2, 0.25) is 0 Å². The van der Waals surface area contributed by atoms with Gasteiger partial charge >= 0.3 is 0 Å². The number of hydrogen-bond donors (Lipinski definition) is 2. The fraction of sp³-hybridized carbons (Fsp3) is 0.364. The predicted octanol–water partition coefficient (Wildman–Crippen LogP) is 2.99. The third-order valence-corrected chi connectivity index (χ3v) is 5.33. The Morgan fingerprint density at radius 3 is 2.48 bits per heavy atom. The van der Waals surface area contributed by atoms with Gasteiger partial charge in [-0.1, -0.05) is 49.4 Å². The van der Waals surface area contributed by atoms with Crippen LogP contribution in [-0.2, 0) is 6.54 Å². The highest BCUT2D eigenvalue weighted by atomic mass is 16.1. The van der Waals surface area contributed by atoms with Gasteiger partial charge in [-0.05, 0) is 41.5 Å². The molecular formula is C22H28N4O. The van der Waals surface area contributed by atoms with Crippen molar-refractivity contribution in [3.63, 3.8) is 0 Å². The Hall–Kier alpha value is -2.82. The SMILES string of the molecule is CN=C(NCc1ccc(C(N)=O)cc1)N1CCC(c2ccccc2)C(C)C1. The molecule has 0 bridgehead atoms. The fourth-order valence-electron chi connectivity index (χ4n) is 3.83. The number of carbonyl (C=O) groups excluding carboxylic acids is 1. The largest absolute Gasteiger partial charge is 0.366 e. The molecule has 2 aromatic rings. The Morgan fingerprint density at radius 2 is 1.89 bits per heavy atom. The number of nitrogens with two attached hydrogens (primary N) is 1. The highest BCUT2D eigenvalue weighted by molar-refractivity contribution is 5.92. The summed E-state index contributed by atoms with van der Waals surface area (Å²) in [5.41, 5.74) is 8.34. The van der Waals surface area contributed by atoms with Gasteiger partial charge in [0.2, 0.25) is 5.91 Å². The summed E-state index contributed by atoms with van der Waals surface area (Å²) >= 11 is 0. The Morgan fingerprint density at radius 1 is 1.19 bits per heavy atom. The summed E-state index contributed by atoms with van der Waals surface area (Å²) in [6.07, 6.45) is 1.12. The lowest BCUT2D eigenvalue weighted by atomic mass is 9.82. The van der Waals surface area contributed by atoms with E-state index in [1.807, 2.05) is 19.2 Å². The van der Waals surface area contributed by atoms with Gasteiger partial charge in [0.1, 0.15) is 0 Å². The number of nitrogens with one attached hydrogen (secondary N) is 1. The van der Waals surface area contributed by atoms with Crippen molar-refractivity contribution in [2.75, 3.05) is 20.1 Å². The van der Waals surface area contributed by atoms with Crippen molar-refractivity contribution in [2.24, 2.45) is 16.6 Å². The van der Waals surface area contributed by atoms with Crippen molar-refractivity contribution in [3.8, 4) is 0 Å². The Balaban J connectivity index is 1.58. The second kappa shape index (κ2) is 8.71. The first kappa shape index (κ1) is 19.0. The summed E-state index contributed by atoms with van der Waals surface area (Å²) in [5, 5.41) is 3.44. The van der Waals surface area contributed by atoms with E-state index in [4.69, 9.17) is 5.73 Å². The fourth-order valence-corrected chi connectivity index (χ4v) is 3.83. The van der Waals surface area contributed by atoms with Crippen molar-refractivity contribution in [3.05, 3.63) is 71.3 Å². The van der Waals surface area contributed by atoms with E-state index in [0.717, 1.165) is 31.0 Å². The molecule has 0 aromatic heterocycles. The maximum Gasteiger partial charge on any atom is 0.248 e. The summed E-state index contributed by atoms with van der Waals surface area (Å²) in [4.78, 5) is 18.0. The highest BCUT2D eigenvalue weighted by Gasteiger charge is 2.28. The Kier molecular flexibility index (Phi) is 6.12. The lowest BCUT2D eigenvalue weighted by Crippen LogP contribution is -2.47. The molecule has 2 unspecified atom stereocenters. The van der Waals surface area contributed by atoms with Crippen LogP contribution in [0.4, 0.5) is 0 Å². The maximum atomic E-state index is 11.2. The second-order valence-corrected chi connectivity index (χ2v) is 7.19. The average molecular weight is 364 g/mol. The molecule has 2 atom stereocenters. The van der Waals surface area contributed by atoms with Crippen LogP contribution in [0.15, 0.2) is 59.6 Å². The minimum absolute atomic E-state index is 0.402. The number of nitrogens with zero attached hydrogens (tertiary/aromatic N) is 2. The van der Waals surface area contributed by atoms with Crippen LogP contribution in [0.1, 0.15) is 40.7 Å². The third kappa shape index (κ3) is 4.67. The number of carbonyl (C=O) groups is 1. The van der Waals surface area contributed by atoms with Gasteiger partial charge in [0, 0.05) is 32.2 Å². The molecule has 5 nitrogen and oxygen atoms in total. The molecular weight excluding hydrogens is 336 g/mol. The van der Waals surface area contributed by atoms with Crippen LogP contribution in [-0.4, -0.2) is 36.9 Å². The number of amides is 1. The second-order valence-electron chi connectivity index (χ2n) is 7.19. The van der Waals surface area contributed by atoms with Crippen LogP contribution in [0.25, 0.3) is 0 Å². The number of rotatable bonds is 4. The van der Waals surface area contributed by atoms with Gasteiger partial charge in [0.15, 0.2) is 5.96 Å². The maximum absolute atomic E-state index is 11.2. The number of piperidine rings is 1. The van der Waals surface area contributed by atoms with E-state index in [1.165, 1.54) is 5.56 Å². The van der Waals surface area contributed by atoms with Gasteiger partial charge in [0.05, 0.1) is 0 Å².